The van der Waals surface area contributed by atoms with E-state index in [1.54, 1.807) is 12.1 Å². The van der Waals surface area contributed by atoms with Crippen LogP contribution < -0.4 is 4.72 Å². The molecule has 0 radical (unpaired) electrons. The van der Waals surface area contributed by atoms with Crippen molar-refractivity contribution in [3.63, 3.8) is 0 Å². The zero-order valence-electron chi connectivity index (χ0n) is 16.0. The molecule has 0 heterocycles. The van der Waals surface area contributed by atoms with Crippen LogP contribution in [0.2, 0.25) is 0 Å². The summed E-state index contributed by atoms with van der Waals surface area (Å²) in [6.45, 7) is 9.60. The van der Waals surface area contributed by atoms with Gasteiger partial charge in [0, 0.05) is 12.8 Å². The van der Waals surface area contributed by atoms with E-state index in [1.807, 2.05) is 34.6 Å². The van der Waals surface area contributed by atoms with Crippen LogP contribution in [0, 0.1) is 34.6 Å². The molecule has 0 atom stereocenters. The second-order valence-corrected chi connectivity index (χ2v) is 10.4. The van der Waals surface area contributed by atoms with Crippen molar-refractivity contribution in [3.05, 3.63) is 57.6 Å². The molecule has 0 amide bonds. The lowest BCUT2D eigenvalue weighted by atomic mass is 9.95. The fourth-order valence-electron chi connectivity index (χ4n) is 2.97. The Hall–Kier alpha value is -1.70. The van der Waals surface area contributed by atoms with Gasteiger partial charge in [0.2, 0.25) is 10.0 Å². The van der Waals surface area contributed by atoms with E-state index >= 15 is 0 Å². The predicted octanol–water partition coefficient (Wildman–Crippen LogP) is 3.11. The molecule has 142 valence electrons. The summed E-state index contributed by atoms with van der Waals surface area (Å²) in [5.41, 5.74) is 5.26. The number of nitrogens with one attached hydrogen (secondary N) is 1. The molecule has 0 unspecified atom stereocenters. The zero-order chi connectivity index (χ0) is 19.9. The topological polar surface area (TPSA) is 80.3 Å². The van der Waals surface area contributed by atoms with Crippen molar-refractivity contribution in [1.82, 2.24) is 4.72 Å². The molecule has 7 heteroatoms. The molecule has 0 spiro atoms. The molecular formula is C19H25NO4S2. The van der Waals surface area contributed by atoms with Gasteiger partial charge >= 0.3 is 0 Å². The normalized spacial score (nSPS) is 12.4. The Kier molecular flexibility index (Phi) is 5.66. The van der Waals surface area contributed by atoms with Crippen LogP contribution in [0.25, 0.3) is 0 Å². The van der Waals surface area contributed by atoms with Gasteiger partial charge in [0.15, 0.2) is 9.84 Å². The molecule has 5 nitrogen and oxygen atoms in total. The predicted molar refractivity (Wildman–Crippen MR) is 104 cm³/mol. The summed E-state index contributed by atoms with van der Waals surface area (Å²) in [7, 11) is -6.96. The van der Waals surface area contributed by atoms with Crippen molar-refractivity contribution in [2.24, 2.45) is 0 Å². The van der Waals surface area contributed by atoms with E-state index in [9.17, 15) is 16.8 Å². The molecule has 26 heavy (non-hydrogen) atoms. The maximum Gasteiger partial charge on any atom is 0.241 e. The Morgan fingerprint density at radius 3 is 1.58 bits per heavy atom. The number of hydrogen-bond acceptors (Lipinski definition) is 4. The Morgan fingerprint density at radius 1 is 0.731 bits per heavy atom. The molecular weight excluding hydrogens is 370 g/mol. The number of hydrogen-bond donors (Lipinski definition) is 1. The minimum absolute atomic E-state index is 0.0945. The molecule has 0 bridgehead atoms. The van der Waals surface area contributed by atoms with Gasteiger partial charge in [-0.05, 0) is 80.1 Å². The van der Waals surface area contributed by atoms with Gasteiger partial charge in [-0.15, -0.1) is 0 Å². The molecule has 2 aromatic rings. The highest BCUT2D eigenvalue weighted by molar-refractivity contribution is 7.90. The van der Waals surface area contributed by atoms with Gasteiger partial charge in [-0.2, -0.15) is 0 Å². The van der Waals surface area contributed by atoms with Crippen molar-refractivity contribution >= 4 is 19.9 Å². The summed E-state index contributed by atoms with van der Waals surface area (Å²) in [6, 6.07) is 6.19. The van der Waals surface area contributed by atoms with Crippen LogP contribution in [0.4, 0.5) is 0 Å². The van der Waals surface area contributed by atoms with Crippen LogP contribution in [0.15, 0.2) is 34.1 Å². The fourth-order valence-corrected chi connectivity index (χ4v) is 5.22. The zero-order valence-corrected chi connectivity index (χ0v) is 17.6. The molecule has 0 saturated carbocycles. The number of sulfonamides is 1. The van der Waals surface area contributed by atoms with E-state index in [4.69, 9.17) is 0 Å². The molecule has 2 rings (SSSR count). The van der Waals surface area contributed by atoms with Crippen LogP contribution in [0.1, 0.15) is 33.4 Å². The summed E-state index contributed by atoms with van der Waals surface area (Å²) in [6.07, 6.45) is 1.14. The first-order chi connectivity index (χ1) is 11.9. The van der Waals surface area contributed by atoms with Gasteiger partial charge in [0.05, 0.1) is 9.79 Å². The van der Waals surface area contributed by atoms with E-state index < -0.39 is 19.9 Å². The van der Waals surface area contributed by atoms with E-state index in [2.05, 4.69) is 4.72 Å². The van der Waals surface area contributed by atoms with Gasteiger partial charge < -0.3 is 0 Å². The monoisotopic (exact) mass is 395 g/mol. The summed E-state index contributed by atoms with van der Waals surface area (Å²) < 4.78 is 51.4. The largest absolute Gasteiger partial charge is 0.241 e. The number of rotatable bonds is 5. The smallest absolute Gasteiger partial charge is 0.224 e. The van der Waals surface area contributed by atoms with E-state index in [0.29, 0.717) is 10.5 Å². The van der Waals surface area contributed by atoms with E-state index in [1.165, 1.54) is 12.1 Å². The second kappa shape index (κ2) is 7.13. The minimum atomic E-state index is -3.69. The third kappa shape index (κ3) is 4.00. The lowest BCUT2D eigenvalue weighted by Gasteiger charge is -2.19. The summed E-state index contributed by atoms with van der Waals surface area (Å²) >= 11 is 0. The first kappa shape index (κ1) is 20.6. The highest BCUT2D eigenvalue weighted by Gasteiger charge is 2.23. The lowest BCUT2D eigenvalue weighted by Crippen LogP contribution is -2.25. The second-order valence-electron chi connectivity index (χ2n) is 6.69. The van der Waals surface area contributed by atoms with Crippen molar-refractivity contribution in [2.45, 2.75) is 51.0 Å². The number of sulfone groups is 1. The molecule has 1 N–H and O–H groups in total. The SMILES string of the molecule is Cc1c(C)c(C)c(S(=O)(=O)NCc2ccc(S(C)(=O)=O)cc2)c(C)c1C. The van der Waals surface area contributed by atoms with E-state index in [0.717, 1.165) is 34.1 Å². The third-order valence-electron chi connectivity index (χ3n) is 5.02. The van der Waals surface area contributed by atoms with Gasteiger partial charge in [0.25, 0.3) is 0 Å². The molecule has 0 aliphatic heterocycles. The number of benzene rings is 2. The van der Waals surface area contributed by atoms with Gasteiger partial charge in [0.1, 0.15) is 0 Å². The standard InChI is InChI=1S/C19H25NO4S2/c1-12-13(2)15(4)19(16(5)14(12)3)26(23,24)20-11-17-7-9-18(10-8-17)25(6,21)22/h7-10,20H,11H2,1-6H3. The molecule has 0 aliphatic rings. The van der Waals surface area contributed by atoms with Gasteiger partial charge in [-0.3, -0.25) is 0 Å². The first-order valence-electron chi connectivity index (χ1n) is 8.22. The molecule has 0 aliphatic carbocycles. The van der Waals surface area contributed by atoms with Crippen molar-refractivity contribution in [2.75, 3.05) is 6.26 Å². The highest BCUT2D eigenvalue weighted by Crippen LogP contribution is 2.29. The van der Waals surface area contributed by atoms with Crippen molar-refractivity contribution < 1.29 is 16.8 Å². The van der Waals surface area contributed by atoms with Crippen LogP contribution in [0.5, 0.6) is 0 Å². The van der Waals surface area contributed by atoms with Crippen LogP contribution >= 0.6 is 0 Å². The third-order valence-corrected chi connectivity index (χ3v) is 7.82. The summed E-state index contributed by atoms with van der Waals surface area (Å²) in [5, 5.41) is 0. The maximum absolute atomic E-state index is 12.9. The highest BCUT2D eigenvalue weighted by atomic mass is 32.2. The Bertz CT molecular complexity index is 1020. The molecule has 0 aromatic heterocycles. The first-order valence-corrected chi connectivity index (χ1v) is 11.6. The summed E-state index contributed by atoms with van der Waals surface area (Å²) in [4.78, 5) is 0.534. The Labute approximate surface area is 156 Å². The maximum atomic E-state index is 12.9. The Balaban J connectivity index is 2.33. The van der Waals surface area contributed by atoms with Crippen LogP contribution in [0.3, 0.4) is 0 Å². The molecule has 0 fully saturated rings. The van der Waals surface area contributed by atoms with Gasteiger partial charge in [-0.25, -0.2) is 21.6 Å². The van der Waals surface area contributed by atoms with Crippen molar-refractivity contribution in [3.8, 4) is 0 Å². The molecule has 2 aromatic carbocycles. The average molecular weight is 396 g/mol. The fraction of sp³-hybridized carbons (Fsp3) is 0.368. The average Bonchev–Trinajstić information content (AvgIpc) is 2.56. The lowest BCUT2D eigenvalue weighted by molar-refractivity contribution is 0.579. The van der Waals surface area contributed by atoms with Crippen LogP contribution in [-0.2, 0) is 26.4 Å². The minimum Gasteiger partial charge on any atom is -0.224 e. The summed E-state index contributed by atoms with van der Waals surface area (Å²) in [5.74, 6) is 0. The van der Waals surface area contributed by atoms with E-state index in [-0.39, 0.29) is 11.4 Å². The van der Waals surface area contributed by atoms with Crippen molar-refractivity contribution in [1.29, 1.82) is 0 Å². The molecule has 0 saturated heterocycles. The Morgan fingerprint density at radius 2 is 1.15 bits per heavy atom. The quantitative estimate of drug-likeness (QED) is 0.843. The van der Waals surface area contributed by atoms with Gasteiger partial charge in [-0.1, -0.05) is 12.1 Å². The van der Waals surface area contributed by atoms with Crippen LogP contribution in [-0.4, -0.2) is 23.1 Å².